The molecule has 2 aromatic rings. The molecule has 2 heteroatoms. The fourth-order valence-corrected chi connectivity index (χ4v) is 3.04. The summed E-state index contributed by atoms with van der Waals surface area (Å²) in [5.74, 6) is 0. The number of rotatable bonds is 3. The van der Waals surface area contributed by atoms with Crippen LogP contribution in [0.15, 0.2) is 41.4 Å². The van der Waals surface area contributed by atoms with Gasteiger partial charge in [0.05, 0.1) is 4.90 Å². The Balaban J connectivity index is 2.67. The smallest absolute Gasteiger partial charge is 0.195 e. The Labute approximate surface area is 108 Å². The van der Waals surface area contributed by atoms with Crippen LogP contribution < -0.4 is 4.57 Å². The number of thioether (sulfide) groups is 1. The molecule has 0 radical (unpaired) electrons. The Morgan fingerprint density at radius 2 is 1.71 bits per heavy atom. The van der Waals surface area contributed by atoms with Crippen molar-refractivity contribution in [3.05, 3.63) is 36.5 Å². The van der Waals surface area contributed by atoms with E-state index < -0.39 is 0 Å². The lowest BCUT2D eigenvalue weighted by Gasteiger charge is -2.10. The number of aromatic nitrogens is 1. The van der Waals surface area contributed by atoms with Gasteiger partial charge >= 0.3 is 0 Å². The van der Waals surface area contributed by atoms with Gasteiger partial charge in [0.15, 0.2) is 12.2 Å². The number of pyridine rings is 1. The number of fused-ring (bicyclic) bond motifs is 1. The molecule has 0 aliphatic heterocycles. The topological polar surface area (TPSA) is 3.88 Å². The molecule has 2 rings (SSSR count). The molecule has 0 bridgehead atoms. The molecule has 1 aromatic heterocycles. The molecular weight excluding hydrogens is 226 g/mol. The van der Waals surface area contributed by atoms with Crippen LogP contribution in [-0.2, 0) is 0 Å². The van der Waals surface area contributed by atoms with Crippen LogP contribution in [0.5, 0.6) is 0 Å². The molecule has 0 spiro atoms. The predicted molar refractivity (Wildman–Crippen MR) is 75.5 cm³/mol. The molecule has 0 unspecified atom stereocenters. The largest absolute Gasteiger partial charge is 0.226 e. The standard InChI is InChI=1S/C15H20NS/c1-11(2)16-10-6-8-13-7-5-9-14(15(13)16)17-12(3)4/h5-12H,1-4H3/q+1. The molecular formula is C15H20NS+. The third kappa shape index (κ3) is 2.63. The molecule has 0 N–H and O–H groups in total. The zero-order valence-electron chi connectivity index (χ0n) is 11.0. The fourth-order valence-electron chi connectivity index (χ4n) is 2.04. The molecule has 0 aliphatic rings. The van der Waals surface area contributed by atoms with Crippen LogP contribution in [0.3, 0.4) is 0 Å². The second kappa shape index (κ2) is 5.09. The summed E-state index contributed by atoms with van der Waals surface area (Å²) in [4.78, 5) is 1.38. The molecule has 0 fully saturated rings. The molecule has 1 nitrogen and oxygen atoms in total. The third-order valence-electron chi connectivity index (χ3n) is 2.73. The quantitative estimate of drug-likeness (QED) is 0.579. The number of hydrogen-bond acceptors (Lipinski definition) is 1. The van der Waals surface area contributed by atoms with Gasteiger partial charge in [-0.15, -0.1) is 11.8 Å². The van der Waals surface area contributed by atoms with Crippen molar-refractivity contribution in [1.29, 1.82) is 0 Å². The zero-order chi connectivity index (χ0) is 12.4. The summed E-state index contributed by atoms with van der Waals surface area (Å²) in [6.45, 7) is 8.95. The van der Waals surface area contributed by atoms with Crippen LogP contribution >= 0.6 is 11.8 Å². The number of benzene rings is 1. The minimum Gasteiger partial charge on any atom is -0.195 e. The molecule has 0 saturated heterocycles. The minimum atomic E-state index is 0.493. The van der Waals surface area contributed by atoms with Gasteiger partial charge in [-0.25, -0.2) is 0 Å². The lowest BCUT2D eigenvalue weighted by Crippen LogP contribution is -2.36. The van der Waals surface area contributed by atoms with E-state index in [1.165, 1.54) is 15.8 Å². The first-order valence-electron chi connectivity index (χ1n) is 6.19. The highest BCUT2D eigenvalue weighted by molar-refractivity contribution is 8.00. The van der Waals surface area contributed by atoms with E-state index in [1.54, 1.807) is 0 Å². The van der Waals surface area contributed by atoms with Gasteiger partial charge in [-0.2, -0.15) is 4.57 Å². The van der Waals surface area contributed by atoms with Gasteiger partial charge in [0.25, 0.3) is 0 Å². The zero-order valence-corrected chi connectivity index (χ0v) is 11.8. The van der Waals surface area contributed by atoms with Crippen LogP contribution in [-0.4, -0.2) is 5.25 Å². The number of para-hydroxylation sites is 1. The van der Waals surface area contributed by atoms with Crippen molar-refractivity contribution in [2.45, 2.75) is 43.9 Å². The minimum absolute atomic E-state index is 0.493. The second-order valence-electron chi connectivity index (χ2n) is 4.87. The van der Waals surface area contributed by atoms with Crippen molar-refractivity contribution < 1.29 is 4.57 Å². The summed E-state index contributed by atoms with van der Waals surface area (Å²) >= 11 is 1.94. The van der Waals surface area contributed by atoms with E-state index in [-0.39, 0.29) is 0 Å². The monoisotopic (exact) mass is 246 g/mol. The second-order valence-corrected chi connectivity index (χ2v) is 6.49. The summed E-state index contributed by atoms with van der Waals surface area (Å²) < 4.78 is 2.36. The highest BCUT2D eigenvalue weighted by Gasteiger charge is 2.16. The van der Waals surface area contributed by atoms with E-state index in [4.69, 9.17) is 0 Å². The van der Waals surface area contributed by atoms with Gasteiger partial charge < -0.3 is 0 Å². The molecule has 0 saturated carbocycles. The van der Waals surface area contributed by atoms with Gasteiger partial charge in [0.1, 0.15) is 0 Å². The molecule has 90 valence electrons. The Bertz CT molecular complexity index is 512. The highest BCUT2D eigenvalue weighted by atomic mass is 32.2. The molecule has 0 aliphatic carbocycles. The van der Waals surface area contributed by atoms with E-state index in [0.29, 0.717) is 11.3 Å². The first-order valence-corrected chi connectivity index (χ1v) is 7.07. The Morgan fingerprint density at radius 3 is 2.35 bits per heavy atom. The Morgan fingerprint density at radius 1 is 1.00 bits per heavy atom. The van der Waals surface area contributed by atoms with E-state index in [0.717, 1.165) is 0 Å². The first-order chi connectivity index (χ1) is 8.09. The Kier molecular flexibility index (Phi) is 3.72. The van der Waals surface area contributed by atoms with E-state index in [9.17, 15) is 0 Å². The average Bonchev–Trinajstić information content (AvgIpc) is 2.27. The summed E-state index contributed by atoms with van der Waals surface area (Å²) in [5, 5.41) is 1.94. The van der Waals surface area contributed by atoms with Crippen molar-refractivity contribution >= 4 is 22.7 Å². The van der Waals surface area contributed by atoms with Gasteiger partial charge in [-0.05, 0) is 32.0 Å². The van der Waals surface area contributed by atoms with Crippen LogP contribution in [0.4, 0.5) is 0 Å². The molecule has 1 heterocycles. The van der Waals surface area contributed by atoms with Gasteiger partial charge in [-0.1, -0.05) is 19.9 Å². The van der Waals surface area contributed by atoms with Crippen molar-refractivity contribution in [2.24, 2.45) is 0 Å². The fraction of sp³-hybridized carbons (Fsp3) is 0.400. The summed E-state index contributed by atoms with van der Waals surface area (Å²) in [6, 6.07) is 11.4. The maximum Gasteiger partial charge on any atom is 0.226 e. The van der Waals surface area contributed by atoms with Crippen molar-refractivity contribution in [2.75, 3.05) is 0 Å². The SMILES string of the molecule is CC(C)Sc1cccc2ccc[n+](C(C)C)c12. The normalized spacial score (nSPS) is 11.6. The van der Waals surface area contributed by atoms with Crippen molar-refractivity contribution in [3.8, 4) is 0 Å². The van der Waals surface area contributed by atoms with Gasteiger partial charge in [-0.3, -0.25) is 0 Å². The maximum atomic E-state index is 2.36. The van der Waals surface area contributed by atoms with Crippen molar-refractivity contribution in [1.82, 2.24) is 0 Å². The summed E-state index contributed by atoms with van der Waals surface area (Å²) in [6.07, 6.45) is 2.18. The third-order valence-corrected chi connectivity index (χ3v) is 3.78. The van der Waals surface area contributed by atoms with E-state index >= 15 is 0 Å². The Hall–Kier alpha value is -1.02. The van der Waals surface area contributed by atoms with Crippen molar-refractivity contribution in [3.63, 3.8) is 0 Å². The lowest BCUT2D eigenvalue weighted by molar-refractivity contribution is -0.692. The van der Waals surface area contributed by atoms with Crippen LogP contribution in [0.1, 0.15) is 33.7 Å². The van der Waals surface area contributed by atoms with E-state index in [1.807, 2.05) is 11.8 Å². The number of hydrogen-bond donors (Lipinski definition) is 0. The van der Waals surface area contributed by atoms with Crippen LogP contribution in [0.25, 0.3) is 10.9 Å². The summed E-state index contributed by atoms with van der Waals surface area (Å²) in [7, 11) is 0. The summed E-state index contributed by atoms with van der Waals surface area (Å²) in [5.41, 5.74) is 1.36. The molecule has 17 heavy (non-hydrogen) atoms. The molecule has 0 amide bonds. The first kappa shape index (κ1) is 12.4. The molecule has 1 aromatic carbocycles. The number of nitrogens with zero attached hydrogens (tertiary/aromatic N) is 1. The predicted octanol–water partition coefficient (Wildman–Crippen LogP) is 4.21. The van der Waals surface area contributed by atoms with Gasteiger partial charge in [0.2, 0.25) is 5.52 Å². The maximum absolute atomic E-state index is 2.36. The van der Waals surface area contributed by atoms with Crippen LogP contribution in [0, 0.1) is 0 Å². The van der Waals surface area contributed by atoms with E-state index in [2.05, 4.69) is 68.8 Å². The molecule has 0 atom stereocenters. The highest BCUT2D eigenvalue weighted by Crippen LogP contribution is 2.28. The van der Waals surface area contributed by atoms with Gasteiger partial charge in [0, 0.05) is 16.7 Å². The average molecular weight is 246 g/mol. The lowest BCUT2D eigenvalue weighted by atomic mass is 10.2. The van der Waals surface area contributed by atoms with Crippen LogP contribution in [0.2, 0.25) is 0 Å².